The van der Waals surface area contributed by atoms with E-state index < -0.39 is 12.1 Å². The number of rotatable bonds is 6. The number of para-hydroxylation sites is 2. The number of amides is 1. The van der Waals surface area contributed by atoms with Gasteiger partial charge in [-0.25, -0.2) is 9.78 Å². The average molecular weight is 300 g/mol. The van der Waals surface area contributed by atoms with Crippen LogP contribution in [0.15, 0.2) is 47.4 Å². The number of carbonyl (C=O) groups is 2. The second-order valence-electron chi connectivity index (χ2n) is 4.47. The summed E-state index contributed by atoms with van der Waals surface area (Å²) in [5.41, 5.74) is 1.33. The number of hydrogen-bond acceptors (Lipinski definition) is 5. The maximum Gasteiger partial charge on any atom is 0.331 e. The lowest BCUT2D eigenvalue weighted by Gasteiger charge is -2.10. The van der Waals surface area contributed by atoms with Gasteiger partial charge in [-0.05, 0) is 19.1 Å². The predicted molar refractivity (Wildman–Crippen MR) is 81.8 cm³/mol. The maximum absolute atomic E-state index is 11.6. The van der Waals surface area contributed by atoms with Crippen molar-refractivity contribution in [2.75, 3.05) is 6.54 Å². The van der Waals surface area contributed by atoms with Crippen molar-refractivity contribution in [3.8, 4) is 0 Å². The normalized spacial score (nSPS) is 12.2. The van der Waals surface area contributed by atoms with Crippen LogP contribution in [0.2, 0.25) is 0 Å². The Morgan fingerprint density at radius 2 is 2.23 bits per heavy atom. The Balaban J connectivity index is 1.93. The highest BCUT2D eigenvalue weighted by Crippen LogP contribution is 2.15. The highest BCUT2D eigenvalue weighted by Gasteiger charge is 2.15. The summed E-state index contributed by atoms with van der Waals surface area (Å²) in [4.78, 5) is 27.4. The Labute approximate surface area is 127 Å². The molecule has 1 aromatic heterocycles. The highest BCUT2D eigenvalue weighted by atomic mass is 16.5. The number of fused-ring (bicyclic) bond motifs is 1. The lowest BCUT2D eigenvalue weighted by atomic mass is 10.3. The fourth-order valence-electron chi connectivity index (χ4n) is 1.68. The van der Waals surface area contributed by atoms with E-state index in [0.29, 0.717) is 23.5 Å². The van der Waals surface area contributed by atoms with E-state index in [4.69, 9.17) is 9.15 Å². The Bertz CT molecular complexity index is 685. The Hall–Kier alpha value is -2.89. The van der Waals surface area contributed by atoms with Gasteiger partial charge in [-0.1, -0.05) is 18.2 Å². The topological polar surface area (TPSA) is 81.4 Å². The summed E-state index contributed by atoms with van der Waals surface area (Å²) in [6.45, 7) is 5.29. The molecule has 1 atom stereocenters. The van der Waals surface area contributed by atoms with Crippen LogP contribution in [0.25, 0.3) is 17.2 Å². The van der Waals surface area contributed by atoms with Crippen LogP contribution in [-0.4, -0.2) is 29.5 Å². The first kappa shape index (κ1) is 15.5. The summed E-state index contributed by atoms with van der Waals surface area (Å²) in [6, 6.07) is 7.26. The quantitative estimate of drug-likeness (QED) is 0.502. The molecule has 0 fully saturated rings. The predicted octanol–water partition coefficient (Wildman–Crippen LogP) is 2.07. The monoisotopic (exact) mass is 300 g/mol. The Morgan fingerprint density at radius 3 is 2.95 bits per heavy atom. The first-order valence-corrected chi connectivity index (χ1v) is 6.73. The molecule has 2 rings (SSSR count). The molecule has 0 aliphatic heterocycles. The van der Waals surface area contributed by atoms with E-state index in [0.717, 1.165) is 0 Å². The minimum atomic E-state index is -0.888. The van der Waals surface area contributed by atoms with Gasteiger partial charge < -0.3 is 14.5 Å². The van der Waals surface area contributed by atoms with Gasteiger partial charge in [-0.3, -0.25) is 4.79 Å². The molecular formula is C16H16N2O4. The molecule has 0 aliphatic rings. The van der Waals surface area contributed by atoms with Crippen molar-refractivity contribution in [2.45, 2.75) is 13.0 Å². The van der Waals surface area contributed by atoms with Crippen LogP contribution in [0.5, 0.6) is 0 Å². The third-order valence-electron chi connectivity index (χ3n) is 2.76. The first-order chi connectivity index (χ1) is 10.6. The summed E-state index contributed by atoms with van der Waals surface area (Å²) in [7, 11) is 0. The van der Waals surface area contributed by atoms with E-state index in [1.807, 2.05) is 12.1 Å². The molecule has 22 heavy (non-hydrogen) atoms. The third-order valence-corrected chi connectivity index (χ3v) is 2.76. The highest BCUT2D eigenvalue weighted by molar-refractivity contribution is 5.90. The molecule has 1 aromatic carbocycles. The van der Waals surface area contributed by atoms with Gasteiger partial charge >= 0.3 is 5.97 Å². The zero-order valence-corrected chi connectivity index (χ0v) is 12.1. The maximum atomic E-state index is 11.6. The third kappa shape index (κ3) is 4.05. The number of carbonyl (C=O) groups excluding carboxylic acids is 2. The molecule has 1 N–H and O–H groups in total. The van der Waals surface area contributed by atoms with Crippen LogP contribution in [0, 0.1) is 0 Å². The lowest BCUT2D eigenvalue weighted by Crippen LogP contribution is -2.35. The number of benzene rings is 1. The van der Waals surface area contributed by atoms with Crippen LogP contribution in [-0.2, 0) is 14.3 Å². The molecule has 0 radical (unpaired) electrons. The number of nitrogens with zero attached hydrogens (tertiary/aromatic N) is 1. The van der Waals surface area contributed by atoms with Crippen molar-refractivity contribution in [1.29, 1.82) is 0 Å². The van der Waals surface area contributed by atoms with Crippen molar-refractivity contribution in [3.63, 3.8) is 0 Å². The van der Waals surface area contributed by atoms with Crippen LogP contribution in [0.4, 0.5) is 0 Å². The van der Waals surface area contributed by atoms with Gasteiger partial charge in [0.05, 0.1) is 0 Å². The SMILES string of the molecule is C=CCNC(=O)[C@H](C)OC(=O)/C=C/c1nc2ccccc2o1. The van der Waals surface area contributed by atoms with Crippen molar-refractivity contribution < 1.29 is 18.7 Å². The van der Waals surface area contributed by atoms with Gasteiger partial charge in [0.15, 0.2) is 11.7 Å². The minimum absolute atomic E-state index is 0.293. The van der Waals surface area contributed by atoms with Crippen molar-refractivity contribution in [3.05, 3.63) is 48.9 Å². The van der Waals surface area contributed by atoms with Crippen LogP contribution >= 0.6 is 0 Å². The molecule has 0 unspecified atom stereocenters. The van der Waals surface area contributed by atoms with Crippen molar-refractivity contribution in [1.82, 2.24) is 10.3 Å². The standard InChI is InChI=1S/C16H16N2O4/c1-3-10-17-16(20)11(2)21-15(19)9-8-14-18-12-6-4-5-7-13(12)22-14/h3-9,11H,1,10H2,2H3,(H,17,20)/b9-8+/t11-/m0/s1. The molecular weight excluding hydrogens is 284 g/mol. The summed E-state index contributed by atoms with van der Waals surface area (Å²) >= 11 is 0. The van der Waals surface area contributed by atoms with E-state index in [2.05, 4.69) is 16.9 Å². The fraction of sp³-hybridized carbons (Fsp3) is 0.188. The largest absolute Gasteiger partial charge is 0.449 e. The van der Waals surface area contributed by atoms with Gasteiger partial charge in [0.1, 0.15) is 5.52 Å². The molecule has 0 spiro atoms. The summed E-state index contributed by atoms with van der Waals surface area (Å²) in [6.07, 6.45) is 3.22. The van der Waals surface area contributed by atoms with E-state index >= 15 is 0 Å². The molecule has 1 heterocycles. The Morgan fingerprint density at radius 1 is 1.45 bits per heavy atom. The number of ether oxygens (including phenoxy) is 1. The summed E-state index contributed by atoms with van der Waals surface area (Å²) in [5, 5.41) is 2.54. The lowest BCUT2D eigenvalue weighted by molar-refractivity contribution is -0.150. The van der Waals surface area contributed by atoms with E-state index in [-0.39, 0.29) is 5.91 Å². The number of oxazole rings is 1. The van der Waals surface area contributed by atoms with Crippen LogP contribution in [0.1, 0.15) is 12.8 Å². The molecule has 0 bridgehead atoms. The molecule has 0 saturated carbocycles. The summed E-state index contributed by atoms with van der Waals surface area (Å²) < 4.78 is 10.4. The number of nitrogens with one attached hydrogen (secondary N) is 1. The number of hydrogen-bond donors (Lipinski definition) is 1. The van der Waals surface area contributed by atoms with Gasteiger partial charge in [0.25, 0.3) is 5.91 Å². The van der Waals surface area contributed by atoms with E-state index in [1.54, 1.807) is 18.2 Å². The fourth-order valence-corrected chi connectivity index (χ4v) is 1.68. The molecule has 114 valence electrons. The van der Waals surface area contributed by atoms with Gasteiger partial charge in [0, 0.05) is 18.7 Å². The zero-order valence-electron chi connectivity index (χ0n) is 12.1. The van der Waals surface area contributed by atoms with Crippen LogP contribution < -0.4 is 5.32 Å². The smallest absolute Gasteiger partial charge is 0.331 e. The van der Waals surface area contributed by atoms with E-state index in [9.17, 15) is 9.59 Å². The molecule has 2 aromatic rings. The molecule has 0 saturated heterocycles. The zero-order chi connectivity index (χ0) is 15.9. The second kappa shape index (κ2) is 7.21. The van der Waals surface area contributed by atoms with Gasteiger partial charge in [0.2, 0.25) is 5.89 Å². The molecule has 6 nitrogen and oxygen atoms in total. The van der Waals surface area contributed by atoms with E-state index in [1.165, 1.54) is 19.1 Å². The number of aromatic nitrogens is 1. The number of esters is 1. The minimum Gasteiger partial charge on any atom is -0.449 e. The van der Waals surface area contributed by atoms with Gasteiger partial charge in [-0.15, -0.1) is 6.58 Å². The molecule has 6 heteroatoms. The molecule has 0 aliphatic carbocycles. The average Bonchev–Trinajstić information content (AvgIpc) is 2.93. The van der Waals surface area contributed by atoms with Crippen molar-refractivity contribution in [2.24, 2.45) is 0 Å². The Kier molecular flexibility index (Phi) is 5.08. The van der Waals surface area contributed by atoms with Gasteiger partial charge in [-0.2, -0.15) is 0 Å². The molecule has 1 amide bonds. The first-order valence-electron chi connectivity index (χ1n) is 6.73. The second-order valence-corrected chi connectivity index (χ2v) is 4.47. The van der Waals surface area contributed by atoms with Crippen LogP contribution in [0.3, 0.4) is 0 Å². The summed E-state index contributed by atoms with van der Waals surface area (Å²) in [5.74, 6) is -0.742. The van der Waals surface area contributed by atoms with Crippen molar-refractivity contribution >= 4 is 29.1 Å².